The molecule has 0 aromatic rings. The SMILES string of the molecule is I.[CH2][C@@H](CC(=O)OC)N=C([O-])OC(C)(C)C.[Zn]. The quantitative estimate of drug-likeness (QED) is 0.229. The predicted octanol–water partition coefficient (Wildman–Crippen LogP) is 0.899. The maximum Gasteiger partial charge on any atom is 0.307 e. The summed E-state index contributed by atoms with van der Waals surface area (Å²) in [6, 6.07) is -0.674. The summed E-state index contributed by atoms with van der Waals surface area (Å²) in [6.45, 7) is 8.73. The van der Waals surface area contributed by atoms with Crippen molar-refractivity contribution in [2.24, 2.45) is 4.99 Å². The van der Waals surface area contributed by atoms with Crippen LogP contribution in [0.3, 0.4) is 0 Å². The molecule has 0 aliphatic carbocycles. The molecule has 17 heavy (non-hydrogen) atoms. The Morgan fingerprint density at radius 2 is 1.94 bits per heavy atom. The molecular formula is C10H18INO4Zn-. The Kier molecular flexibility index (Phi) is 13.2. The number of methoxy groups -OCH3 is 1. The van der Waals surface area contributed by atoms with E-state index in [2.05, 4.69) is 16.7 Å². The molecule has 97 valence electrons. The fourth-order valence-electron chi connectivity index (χ4n) is 0.759. The molecule has 5 nitrogen and oxygen atoms in total. The third-order valence-corrected chi connectivity index (χ3v) is 1.31. The minimum Gasteiger partial charge on any atom is -0.595 e. The van der Waals surface area contributed by atoms with E-state index in [0.717, 1.165) is 0 Å². The average molecular weight is 409 g/mol. The van der Waals surface area contributed by atoms with E-state index in [1.807, 2.05) is 0 Å². The van der Waals surface area contributed by atoms with Gasteiger partial charge in [-0.2, -0.15) is 0 Å². The Labute approximate surface area is 132 Å². The fraction of sp³-hybridized carbons (Fsp3) is 0.700. The molecular weight excluding hydrogens is 390 g/mol. The molecule has 0 saturated heterocycles. The van der Waals surface area contributed by atoms with Gasteiger partial charge in [0.2, 0.25) is 0 Å². The van der Waals surface area contributed by atoms with Gasteiger partial charge in [0.05, 0.1) is 19.6 Å². The van der Waals surface area contributed by atoms with Crippen molar-refractivity contribution < 1.29 is 38.9 Å². The van der Waals surface area contributed by atoms with Crippen molar-refractivity contribution in [3.05, 3.63) is 6.92 Å². The van der Waals surface area contributed by atoms with Gasteiger partial charge < -0.3 is 14.6 Å². The Balaban J connectivity index is -0.000000980. The number of nitrogens with zero attached hydrogens (tertiary/aromatic N) is 1. The molecule has 0 rings (SSSR count). The van der Waals surface area contributed by atoms with Gasteiger partial charge in [-0.05, 0) is 6.92 Å². The Bertz CT molecular complexity index is 253. The van der Waals surface area contributed by atoms with E-state index >= 15 is 0 Å². The van der Waals surface area contributed by atoms with Crippen LogP contribution in [-0.4, -0.2) is 30.8 Å². The van der Waals surface area contributed by atoms with Crippen molar-refractivity contribution in [1.82, 2.24) is 0 Å². The van der Waals surface area contributed by atoms with Gasteiger partial charge in [0.1, 0.15) is 6.08 Å². The second-order valence-electron chi connectivity index (χ2n) is 4.04. The molecule has 0 spiro atoms. The minimum atomic E-state index is -0.716. The molecule has 0 aliphatic rings. The summed E-state index contributed by atoms with van der Waals surface area (Å²) >= 11 is 0. The Morgan fingerprint density at radius 1 is 1.47 bits per heavy atom. The zero-order chi connectivity index (χ0) is 12.1. The monoisotopic (exact) mass is 407 g/mol. The van der Waals surface area contributed by atoms with Crippen LogP contribution in [0.4, 0.5) is 0 Å². The first kappa shape index (κ1) is 22.3. The van der Waals surface area contributed by atoms with Crippen LogP contribution in [0.25, 0.3) is 0 Å². The topological polar surface area (TPSA) is 71.0 Å². The van der Waals surface area contributed by atoms with Gasteiger partial charge in [-0.1, -0.05) is 20.8 Å². The second-order valence-corrected chi connectivity index (χ2v) is 4.04. The third-order valence-electron chi connectivity index (χ3n) is 1.31. The van der Waals surface area contributed by atoms with Gasteiger partial charge in [0.15, 0.2) is 0 Å². The van der Waals surface area contributed by atoms with Crippen LogP contribution in [0.5, 0.6) is 0 Å². The van der Waals surface area contributed by atoms with Gasteiger partial charge in [-0.3, -0.25) is 9.79 Å². The standard InChI is InChI=1S/C10H18NO4.HI.Zn/c1-7(6-8(12)14-5)11-9(13)15-10(2,3)4;;/h7H,1,6H2,2-5H3,(H,11,13);1H;/p-1/t7-;;/m0../s1. The van der Waals surface area contributed by atoms with Gasteiger partial charge in [-0.15, -0.1) is 24.0 Å². The number of hydrogen-bond donors (Lipinski definition) is 0. The molecule has 0 fully saturated rings. The molecule has 0 aromatic carbocycles. The number of halogens is 1. The van der Waals surface area contributed by atoms with Crippen molar-refractivity contribution in [3.8, 4) is 0 Å². The molecule has 0 saturated carbocycles. The van der Waals surface area contributed by atoms with Crippen molar-refractivity contribution >= 4 is 36.0 Å². The molecule has 1 radical (unpaired) electrons. The largest absolute Gasteiger partial charge is 0.595 e. The van der Waals surface area contributed by atoms with Gasteiger partial charge >= 0.3 is 5.97 Å². The fourth-order valence-corrected chi connectivity index (χ4v) is 0.759. The molecule has 0 aromatic heterocycles. The first-order valence-electron chi connectivity index (χ1n) is 4.58. The van der Waals surface area contributed by atoms with Crippen LogP contribution in [-0.2, 0) is 33.7 Å². The Hall–Kier alpha value is 0.0934. The van der Waals surface area contributed by atoms with E-state index in [0.29, 0.717) is 0 Å². The first-order chi connectivity index (χ1) is 6.74. The summed E-state index contributed by atoms with van der Waals surface area (Å²) in [5, 5.41) is 11.2. The van der Waals surface area contributed by atoms with Crippen molar-refractivity contribution in [2.45, 2.75) is 38.8 Å². The maximum atomic E-state index is 11.2. The molecule has 0 unspecified atom stereocenters. The number of aliphatic imine (C=N–C) groups is 1. The minimum absolute atomic E-state index is 0. The number of ether oxygens (including phenoxy) is 2. The van der Waals surface area contributed by atoms with E-state index < -0.39 is 23.7 Å². The number of carbonyl (C=O) groups is 1. The van der Waals surface area contributed by atoms with Crippen LogP contribution in [0.1, 0.15) is 27.2 Å². The third kappa shape index (κ3) is 14.0. The summed E-state index contributed by atoms with van der Waals surface area (Å²) in [4.78, 5) is 14.4. The molecule has 0 bridgehead atoms. The summed E-state index contributed by atoms with van der Waals surface area (Å²) in [5.74, 6) is -0.456. The maximum absolute atomic E-state index is 11.2. The first-order valence-corrected chi connectivity index (χ1v) is 4.58. The van der Waals surface area contributed by atoms with Crippen LogP contribution in [0, 0.1) is 6.92 Å². The summed E-state index contributed by atoms with van der Waals surface area (Å²) < 4.78 is 9.34. The van der Waals surface area contributed by atoms with Crippen LogP contribution >= 0.6 is 24.0 Å². The summed E-state index contributed by atoms with van der Waals surface area (Å²) in [7, 11) is 1.27. The normalized spacial score (nSPS) is 12.9. The molecule has 0 heterocycles. The Morgan fingerprint density at radius 3 is 2.29 bits per heavy atom. The van der Waals surface area contributed by atoms with Crippen molar-refractivity contribution in [2.75, 3.05) is 7.11 Å². The average Bonchev–Trinajstić information content (AvgIpc) is 1.99. The second kappa shape index (κ2) is 10.1. The van der Waals surface area contributed by atoms with E-state index in [-0.39, 0.29) is 49.9 Å². The number of hydrogen-bond acceptors (Lipinski definition) is 5. The molecule has 7 heteroatoms. The van der Waals surface area contributed by atoms with E-state index in [9.17, 15) is 9.90 Å². The molecule has 0 amide bonds. The summed E-state index contributed by atoms with van der Waals surface area (Å²) in [6.07, 6.45) is -0.748. The van der Waals surface area contributed by atoms with E-state index in [1.54, 1.807) is 20.8 Å². The summed E-state index contributed by atoms with van der Waals surface area (Å²) in [5.41, 5.74) is -0.592. The zero-order valence-corrected chi connectivity index (χ0v) is 16.0. The smallest absolute Gasteiger partial charge is 0.307 e. The zero-order valence-electron chi connectivity index (χ0n) is 10.7. The van der Waals surface area contributed by atoms with Crippen LogP contribution in [0.2, 0.25) is 0 Å². The van der Waals surface area contributed by atoms with Crippen molar-refractivity contribution in [1.29, 1.82) is 0 Å². The van der Waals surface area contributed by atoms with Gasteiger partial charge in [-0.25, -0.2) is 0 Å². The molecule has 0 aliphatic heterocycles. The van der Waals surface area contributed by atoms with Crippen LogP contribution < -0.4 is 5.11 Å². The van der Waals surface area contributed by atoms with Crippen LogP contribution in [0.15, 0.2) is 4.99 Å². The molecule has 0 N–H and O–H groups in total. The predicted molar refractivity (Wildman–Crippen MR) is 69.5 cm³/mol. The van der Waals surface area contributed by atoms with Crippen molar-refractivity contribution in [3.63, 3.8) is 0 Å². The number of rotatable bonds is 3. The van der Waals surface area contributed by atoms with Gasteiger partial charge in [0, 0.05) is 25.1 Å². The van der Waals surface area contributed by atoms with E-state index in [4.69, 9.17) is 4.74 Å². The van der Waals surface area contributed by atoms with E-state index in [1.165, 1.54) is 7.11 Å². The number of esters is 1. The van der Waals surface area contributed by atoms with Gasteiger partial charge in [0.25, 0.3) is 0 Å². The molecule has 1 atom stereocenters. The number of carbonyl (C=O) groups excluding carboxylic acids is 1.